The number of phenolic OH excluding ortho intramolecular Hbond substituents is 1. The Labute approximate surface area is 189 Å². The van der Waals surface area contributed by atoms with Gasteiger partial charge in [-0.15, -0.1) is 0 Å². The zero-order valence-electron chi connectivity index (χ0n) is 18.1. The number of rotatable bonds is 11. The molecule has 3 rings (SSSR count). The van der Waals surface area contributed by atoms with Crippen LogP contribution in [0.1, 0.15) is 17.5 Å². The number of anilines is 1. The molecular weight excluding hydrogens is 426 g/mol. The molecular formula is C23H29N5O3S. The fourth-order valence-corrected chi connectivity index (χ4v) is 4.14. The summed E-state index contributed by atoms with van der Waals surface area (Å²) >= 11 is 0. The van der Waals surface area contributed by atoms with Gasteiger partial charge < -0.3 is 16.2 Å². The number of para-hydroxylation sites is 1. The zero-order valence-corrected chi connectivity index (χ0v) is 18.9. The first-order valence-electron chi connectivity index (χ1n) is 10.4. The van der Waals surface area contributed by atoms with Crippen LogP contribution >= 0.6 is 0 Å². The topological polar surface area (TPSA) is 121 Å². The van der Waals surface area contributed by atoms with Crippen LogP contribution in [0.25, 0.3) is 11.3 Å². The van der Waals surface area contributed by atoms with Gasteiger partial charge in [0.15, 0.2) is 0 Å². The maximum atomic E-state index is 12.1. The maximum absolute atomic E-state index is 12.1. The molecule has 170 valence electrons. The summed E-state index contributed by atoms with van der Waals surface area (Å²) in [5.74, 6) is 0.763. The summed E-state index contributed by atoms with van der Waals surface area (Å²) in [7, 11) is -3.33. The van der Waals surface area contributed by atoms with Gasteiger partial charge in [-0.2, -0.15) is 4.31 Å². The highest BCUT2D eigenvalue weighted by atomic mass is 32.2. The average Bonchev–Trinajstić information content (AvgIpc) is 2.77. The molecule has 0 aliphatic carbocycles. The van der Waals surface area contributed by atoms with Gasteiger partial charge in [0.1, 0.15) is 5.75 Å². The molecule has 0 aliphatic heterocycles. The van der Waals surface area contributed by atoms with Gasteiger partial charge in [0.25, 0.3) is 0 Å². The first kappa shape index (κ1) is 23.6. The number of benzene rings is 2. The Bertz CT molecular complexity index is 1140. The first-order valence-corrected chi connectivity index (χ1v) is 12.3. The fourth-order valence-electron chi connectivity index (χ4n) is 3.30. The smallest absolute Gasteiger partial charge is 0.223 e. The summed E-state index contributed by atoms with van der Waals surface area (Å²) in [6.45, 7) is 1.68. The number of nitrogens with two attached hydrogens (primary N) is 1. The Morgan fingerprint density at radius 3 is 2.69 bits per heavy atom. The average molecular weight is 456 g/mol. The standard InChI is InChI=1S/C23H29N5O3S/c1-32(30,31)28(15-5-12-24)17-18-6-4-8-20(16-18)21-11-14-26-23(27-21)25-13-10-19-7-2-3-9-22(19)29/h2-4,6-9,11,14,16,29H,5,10,12-13,15,17,24H2,1H3,(H,25,26,27). The molecule has 1 heterocycles. The van der Waals surface area contributed by atoms with E-state index in [0.717, 1.165) is 22.4 Å². The predicted molar refractivity (Wildman–Crippen MR) is 127 cm³/mol. The van der Waals surface area contributed by atoms with Crippen molar-refractivity contribution < 1.29 is 13.5 Å². The molecule has 0 aliphatic rings. The van der Waals surface area contributed by atoms with Crippen LogP contribution in [-0.4, -0.2) is 53.7 Å². The van der Waals surface area contributed by atoms with Crippen molar-refractivity contribution in [2.75, 3.05) is 31.2 Å². The summed E-state index contributed by atoms with van der Waals surface area (Å²) in [5, 5.41) is 13.1. The molecule has 0 atom stereocenters. The molecule has 2 aromatic carbocycles. The van der Waals surface area contributed by atoms with Crippen LogP contribution in [0.5, 0.6) is 5.75 Å². The number of nitrogens with zero attached hydrogens (tertiary/aromatic N) is 3. The lowest BCUT2D eigenvalue weighted by Crippen LogP contribution is -2.31. The highest BCUT2D eigenvalue weighted by Gasteiger charge is 2.16. The highest BCUT2D eigenvalue weighted by Crippen LogP contribution is 2.21. The van der Waals surface area contributed by atoms with Gasteiger partial charge in [0.05, 0.1) is 11.9 Å². The zero-order chi connectivity index (χ0) is 23.0. The minimum Gasteiger partial charge on any atom is -0.508 e. The second-order valence-corrected chi connectivity index (χ2v) is 9.49. The third-order valence-corrected chi connectivity index (χ3v) is 6.24. The third kappa shape index (κ3) is 6.74. The number of aromatic hydroxyl groups is 1. The van der Waals surface area contributed by atoms with Crippen molar-refractivity contribution in [2.24, 2.45) is 5.73 Å². The van der Waals surface area contributed by atoms with E-state index in [9.17, 15) is 13.5 Å². The fraction of sp³-hybridized carbons (Fsp3) is 0.304. The quantitative estimate of drug-likeness (QED) is 0.406. The second kappa shape index (κ2) is 11.0. The first-order chi connectivity index (χ1) is 15.4. The van der Waals surface area contributed by atoms with E-state index >= 15 is 0 Å². The molecule has 9 heteroatoms. The second-order valence-electron chi connectivity index (χ2n) is 7.51. The SMILES string of the molecule is CS(=O)(=O)N(CCCN)Cc1cccc(-c2ccnc(NCCc3ccccc3O)n2)c1. The summed E-state index contributed by atoms with van der Waals surface area (Å²) in [6.07, 6.45) is 4.14. The van der Waals surface area contributed by atoms with Crippen molar-refractivity contribution in [1.29, 1.82) is 0 Å². The van der Waals surface area contributed by atoms with E-state index in [4.69, 9.17) is 5.73 Å². The maximum Gasteiger partial charge on any atom is 0.223 e. The van der Waals surface area contributed by atoms with E-state index in [1.54, 1.807) is 18.3 Å². The molecule has 0 fully saturated rings. The molecule has 0 amide bonds. The molecule has 0 unspecified atom stereocenters. The normalized spacial score (nSPS) is 11.6. The van der Waals surface area contributed by atoms with E-state index < -0.39 is 10.0 Å². The minimum absolute atomic E-state index is 0.274. The van der Waals surface area contributed by atoms with E-state index in [0.29, 0.717) is 38.4 Å². The number of phenols is 1. The number of aromatic nitrogens is 2. The molecule has 0 saturated carbocycles. The van der Waals surface area contributed by atoms with Gasteiger partial charge in [-0.3, -0.25) is 0 Å². The third-order valence-electron chi connectivity index (χ3n) is 4.99. The largest absolute Gasteiger partial charge is 0.508 e. The van der Waals surface area contributed by atoms with Crippen LogP contribution in [0.2, 0.25) is 0 Å². The molecule has 0 bridgehead atoms. The summed E-state index contributed by atoms with van der Waals surface area (Å²) in [4.78, 5) is 8.85. The van der Waals surface area contributed by atoms with Crippen LogP contribution in [0.15, 0.2) is 60.8 Å². The van der Waals surface area contributed by atoms with Crippen molar-refractivity contribution in [2.45, 2.75) is 19.4 Å². The number of nitrogens with one attached hydrogen (secondary N) is 1. The van der Waals surface area contributed by atoms with Gasteiger partial charge >= 0.3 is 0 Å². The van der Waals surface area contributed by atoms with Crippen molar-refractivity contribution in [1.82, 2.24) is 14.3 Å². The Kier molecular flexibility index (Phi) is 8.15. The van der Waals surface area contributed by atoms with Gasteiger partial charge in [-0.05, 0) is 48.7 Å². The molecule has 0 radical (unpaired) electrons. The minimum atomic E-state index is -3.33. The molecule has 8 nitrogen and oxygen atoms in total. The molecule has 1 aromatic heterocycles. The van der Waals surface area contributed by atoms with Crippen LogP contribution in [-0.2, 0) is 23.0 Å². The van der Waals surface area contributed by atoms with Crippen molar-refractivity contribution in [3.05, 3.63) is 71.9 Å². The van der Waals surface area contributed by atoms with Crippen LogP contribution in [0.4, 0.5) is 5.95 Å². The monoisotopic (exact) mass is 455 g/mol. The Morgan fingerprint density at radius 2 is 1.94 bits per heavy atom. The summed E-state index contributed by atoms with van der Waals surface area (Å²) in [6, 6.07) is 16.7. The lowest BCUT2D eigenvalue weighted by atomic mass is 10.1. The van der Waals surface area contributed by atoms with E-state index in [1.807, 2.05) is 42.5 Å². The highest BCUT2D eigenvalue weighted by molar-refractivity contribution is 7.88. The van der Waals surface area contributed by atoms with Gasteiger partial charge in [-0.25, -0.2) is 18.4 Å². The lowest BCUT2D eigenvalue weighted by molar-refractivity contribution is 0.405. The molecule has 4 N–H and O–H groups in total. The van der Waals surface area contributed by atoms with E-state index in [1.165, 1.54) is 10.6 Å². The number of sulfonamides is 1. The van der Waals surface area contributed by atoms with Gasteiger partial charge in [0.2, 0.25) is 16.0 Å². The molecule has 32 heavy (non-hydrogen) atoms. The van der Waals surface area contributed by atoms with Crippen molar-refractivity contribution >= 4 is 16.0 Å². The molecule has 3 aromatic rings. The number of hydrogen-bond acceptors (Lipinski definition) is 7. The summed E-state index contributed by atoms with van der Waals surface area (Å²) < 4.78 is 25.6. The summed E-state index contributed by atoms with van der Waals surface area (Å²) in [5.41, 5.74) is 8.89. The Morgan fingerprint density at radius 1 is 1.12 bits per heavy atom. The van der Waals surface area contributed by atoms with Crippen molar-refractivity contribution in [3.8, 4) is 17.0 Å². The van der Waals surface area contributed by atoms with E-state index in [-0.39, 0.29) is 12.3 Å². The van der Waals surface area contributed by atoms with Crippen LogP contribution in [0.3, 0.4) is 0 Å². The van der Waals surface area contributed by atoms with Crippen molar-refractivity contribution in [3.63, 3.8) is 0 Å². The van der Waals surface area contributed by atoms with Gasteiger partial charge in [0, 0.05) is 31.4 Å². The molecule has 0 spiro atoms. The molecule has 0 saturated heterocycles. The predicted octanol–water partition coefficient (Wildman–Crippen LogP) is 2.61. The van der Waals surface area contributed by atoms with Crippen LogP contribution < -0.4 is 11.1 Å². The Hall–Kier alpha value is -3.01. The van der Waals surface area contributed by atoms with Crippen LogP contribution in [0, 0.1) is 0 Å². The lowest BCUT2D eigenvalue weighted by Gasteiger charge is -2.20. The van der Waals surface area contributed by atoms with E-state index in [2.05, 4.69) is 15.3 Å². The Balaban J connectivity index is 1.70. The number of hydrogen-bond donors (Lipinski definition) is 3. The van der Waals surface area contributed by atoms with Gasteiger partial charge in [-0.1, -0.05) is 36.4 Å².